The maximum atomic E-state index is 12.0. The molecule has 0 bridgehead atoms. The predicted molar refractivity (Wildman–Crippen MR) is 68.3 cm³/mol. The zero-order chi connectivity index (χ0) is 12.2. The summed E-state index contributed by atoms with van der Waals surface area (Å²) in [6.45, 7) is 9.81. The van der Waals surface area contributed by atoms with E-state index in [4.69, 9.17) is 0 Å². The molecule has 1 rings (SSSR count). The minimum absolute atomic E-state index is 0.311. The quantitative estimate of drug-likeness (QED) is 0.716. The first-order chi connectivity index (χ1) is 7.59. The Balaban J connectivity index is 2.84. The topological polar surface area (TPSA) is 20.3 Å². The molecular formula is C14H27NO. The maximum absolute atomic E-state index is 12.0. The summed E-state index contributed by atoms with van der Waals surface area (Å²) >= 11 is 0. The van der Waals surface area contributed by atoms with Gasteiger partial charge in [0.15, 0.2) is 0 Å². The van der Waals surface area contributed by atoms with Crippen LogP contribution in [0.15, 0.2) is 0 Å². The summed E-state index contributed by atoms with van der Waals surface area (Å²) in [5, 5.41) is 0. The van der Waals surface area contributed by atoms with Gasteiger partial charge in [-0.2, -0.15) is 0 Å². The summed E-state index contributed by atoms with van der Waals surface area (Å²) in [5.41, 5.74) is 0.311. The largest absolute Gasteiger partial charge is 0.339 e. The molecule has 0 radical (unpaired) electrons. The zero-order valence-electron chi connectivity index (χ0n) is 11.4. The molecule has 0 aliphatic carbocycles. The molecule has 1 heterocycles. The van der Waals surface area contributed by atoms with E-state index in [1.807, 2.05) is 6.92 Å². The van der Waals surface area contributed by atoms with E-state index in [2.05, 4.69) is 25.7 Å². The molecule has 1 atom stereocenters. The van der Waals surface area contributed by atoms with E-state index in [0.29, 0.717) is 23.8 Å². The van der Waals surface area contributed by atoms with E-state index < -0.39 is 0 Å². The Hall–Kier alpha value is -0.530. The molecule has 2 nitrogen and oxygen atoms in total. The second-order valence-corrected chi connectivity index (χ2v) is 5.31. The van der Waals surface area contributed by atoms with Crippen LogP contribution in [0.3, 0.4) is 0 Å². The number of carbonyl (C=O) groups excluding carboxylic acids is 1. The molecule has 0 N–H and O–H groups in total. The van der Waals surface area contributed by atoms with Crippen LogP contribution in [0.5, 0.6) is 0 Å². The summed E-state index contributed by atoms with van der Waals surface area (Å²) in [4.78, 5) is 14.1. The number of rotatable bonds is 4. The van der Waals surface area contributed by atoms with Crippen molar-refractivity contribution in [1.82, 2.24) is 4.90 Å². The molecule has 1 fully saturated rings. The summed E-state index contributed by atoms with van der Waals surface area (Å²) in [5.74, 6) is 0.345. The van der Waals surface area contributed by atoms with Crippen molar-refractivity contribution in [2.75, 3.05) is 6.54 Å². The second kappa shape index (κ2) is 5.70. The Morgan fingerprint density at radius 3 is 2.38 bits per heavy atom. The fourth-order valence-corrected chi connectivity index (χ4v) is 2.88. The first-order valence-electron chi connectivity index (χ1n) is 6.88. The van der Waals surface area contributed by atoms with Gasteiger partial charge in [-0.25, -0.2) is 0 Å². The smallest absolute Gasteiger partial charge is 0.222 e. The molecule has 1 aliphatic rings. The van der Waals surface area contributed by atoms with Crippen LogP contribution >= 0.6 is 0 Å². The van der Waals surface area contributed by atoms with Gasteiger partial charge in [-0.1, -0.05) is 27.7 Å². The van der Waals surface area contributed by atoms with Crippen molar-refractivity contribution < 1.29 is 4.79 Å². The second-order valence-electron chi connectivity index (χ2n) is 5.31. The molecule has 0 aromatic heterocycles. The van der Waals surface area contributed by atoms with Crippen molar-refractivity contribution in [3.05, 3.63) is 0 Å². The van der Waals surface area contributed by atoms with E-state index in [0.717, 1.165) is 6.54 Å². The molecule has 0 saturated carbocycles. The average Bonchev–Trinajstić information content (AvgIpc) is 2.37. The normalized spacial score (nSPS) is 22.2. The lowest BCUT2D eigenvalue weighted by molar-refractivity contribution is -0.138. The van der Waals surface area contributed by atoms with Crippen molar-refractivity contribution in [3.8, 4) is 0 Å². The number of hydrogen-bond acceptors (Lipinski definition) is 1. The van der Waals surface area contributed by atoms with Crippen molar-refractivity contribution in [2.24, 2.45) is 5.41 Å². The van der Waals surface area contributed by atoms with Crippen LogP contribution in [0.25, 0.3) is 0 Å². The zero-order valence-corrected chi connectivity index (χ0v) is 11.4. The van der Waals surface area contributed by atoms with Crippen LogP contribution in [-0.4, -0.2) is 23.4 Å². The molecule has 0 spiro atoms. The fraction of sp³-hybridized carbons (Fsp3) is 0.929. The number of carbonyl (C=O) groups is 1. The molecule has 1 saturated heterocycles. The van der Waals surface area contributed by atoms with E-state index in [-0.39, 0.29) is 0 Å². The molecule has 2 heteroatoms. The highest BCUT2D eigenvalue weighted by Crippen LogP contribution is 2.38. The molecule has 16 heavy (non-hydrogen) atoms. The van der Waals surface area contributed by atoms with Gasteiger partial charge in [-0.05, 0) is 37.5 Å². The lowest BCUT2D eigenvalue weighted by Gasteiger charge is -2.46. The summed E-state index contributed by atoms with van der Waals surface area (Å²) in [6, 6.07) is 0.476. The molecule has 94 valence electrons. The van der Waals surface area contributed by atoms with Gasteiger partial charge in [-0.15, -0.1) is 0 Å². The summed E-state index contributed by atoms with van der Waals surface area (Å²) in [6.07, 6.45) is 6.66. The third kappa shape index (κ3) is 2.58. The van der Waals surface area contributed by atoms with E-state index in [1.165, 1.54) is 32.1 Å². The van der Waals surface area contributed by atoms with Crippen molar-refractivity contribution >= 4 is 5.91 Å². The minimum Gasteiger partial charge on any atom is -0.339 e. The summed E-state index contributed by atoms with van der Waals surface area (Å²) < 4.78 is 0. The van der Waals surface area contributed by atoms with Gasteiger partial charge in [0.25, 0.3) is 0 Å². The highest BCUT2D eigenvalue weighted by atomic mass is 16.2. The van der Waals surface area contributed by atoms with Gasteiger partial charge >= 0.3 is 0 Å². The maximum Gasteiger partial charge on any atom is 0.222 e. The highest BCUT2D eigenvalue weighted by Gasteiger charge is 2.38. The summed E-state index contributed by atoms with van der Waals surface area (Å²) in [7, 11) is 0. The first kappa shape index (κ1) is 13.5. The van der Waals surface area contributed by atoms with E-state index in [1.54, 1.807) is 0 Å². The van der Waals surface area contributed by atoms with Crippen molar-refractivity contribution in [2.45, 2.75) is 72.3 Å². The van der Waals surface area contributed by atoms with Gasteiger partial charge in [0.2, 0.25) is 5.91 Å². The van der Waals surface area contributed by atoms with Gasteiger partial charge in [0, 0.05) is 19.0 Å². The van der Waals surface area contributed by atoms with E-state index in [9.17, 15) is 4.79 Å². The number of piperidine rings is 1. The number of likely N-dealkylation sites (tertiary alicyclic amines) is 1. The lowest BCUT2D eigenvalue weighted by Crippen LogP contribution is -2.51. The van der Waals surface area contributed by atoms with Crippen LogP contribution < -0.4 is 0 Å². The molecular weight excluding hydrogens is 198 g/mol. The SMILES string of the molecule is CCC(=O)N1CCCCC1C(C)(CC)CC. The third-order valence-electron chi connectivity index (χ3n) is 4.55. The number of nitrogens with zero attached hydrogens (tertiary/aromatic N) is 1. The van der Waals surface area contributed by atoms with Gasteiger partial charge in [0.1, 0.15) is 0 Å². The lowest BCUT2D eigenvalue weighted by atomic mass is 9.73. The van der Waals surface area contributed by atoms with Gasteiger partial charge in [0.05, 0.1) is 0 Å². The van der Waals surface area contributed by atoms with Crippen molar-refractivity contribution in [1.29, 1.82) is 0 Å². The Morgan fingerprint density at radius 1 is 1.25 bits per heavy atom. The molecule has 0 aromatic rings. The Labute approximate surface area is 100 Å². The standard InChI is InChI=1S/C14H27NO/c1-5-13(16)15-11-9-8-10-12(15)14(4,6-2)7-3/h12H,5-11H2,1-4H3. The molecule has 1 amide bonds. The Kier molecular flexibility index (Phi) is 4.82. The van der Waals surface area contributed by atoms with Crippen LogP contribution in [0.2, 0.25) is 0 Å². The Bertz CT molecular complexity index is 233. The highest BCUT2D eigenvalue weighted by molar-refractivity contribution is 5.76. The fourth-order valence-electron chi connectivity index (χ4n) is 2.88. The van der Waals surface area contributed by atoms with E-state index >= 15 is 0 Å². The monoisotopic (exact) mass is 225 g/mol. The van der Waals surface area contributed by atoms with Crippen LogP contribution in [0.4, 0.5) is 0 Å². The third-order valence-corrected chi connectivity index (χ3v) is 4.55. The Morgan fingerprint density at radius 2 is 1.88 bits per heavy atom. The molecule has 1 unspecified atom stereocenters. The molecule has 1 aliphatic heterocycles. The van der Waals surface area contributed by atoms with Gasteiger partial charge < -0.3 is 4.90 Å². The van der Waals surface area contributed by atoms with Crippen LogP contribution in [0.1, 0.15) is 66.2 Å². The van der Waals surface area contributed by atoms with Crippen LogP contribution in [-0.2, 0) is 4.79 Å². The average molecular weight is 225 g/mol. The number of hydrogen-bond donors (Lipinski definition) is 0. The molecule has 0 aromatic carbocycles. The van der Waals surface area contributed by atoms with Gasteiger partial charge in [-0.3, -0.25) is 4.79 Å². The van der Waals surface area contributed by atoms with Crippen molar-refractivity contribution in [3.63, 3.8) is 0 Å². The minimum atomic E-state index is 0.311. The predicted octanol–water partition coefficient (Wildman–Crippen LogP) is 3.60. The number of amides is 1. The van der Waals surface area contributed by atoms with Crippen LogP contribution in [0, 0.1) is 5.41 Å². The first-order valence-corrected chi connectivity index (χ1v) is 6.88.